The topological polar surface area (TPSA) is 95.9 Å². The number of aliphatic carboxylic acids is 1. The predicted molar refractivity (Wildman–Crippen MR) is 153 cm³/mol. The highest BCUT2D eigenvalue weighted by Gasteiger charge is 2.33. The van der Waals surface area contributed by atoms with Gasteiger partial charge in [0.15, 0.2) is 0 Å². The molecule has 1 saturated carbocycles. The maximum Gasteiger partial charge on any atom is 0.344 e. The number of rotatable bonds is 11. The lowest BCUT2D eigenvalue weighted by Gasteiger charge is -2.38. The molecule has 2 rings (SSSR count). The number of carbonyl (C=O) groups is 2. The van der Waals surface area contributed by atoms with Crippen molar-refractivity contribution < 1.29 is 23.8 Å². The second kappa shape index (κ2) is 14.6. The highest BCUT2D eigenvalue weighted by atomic mass is 32.2. The van der Waals surface area contributed by atoms with E-state index in [1.807, 2.05) is 13.0 Å². The Labute approximate surface area is 227 Å². The van der Waals surface area contributed by atoms with Crippen molar-refractivity contribution in [1.82, 2.24) is 10.2 Å². The minimum atomic E-state index is -2.42. The molecule has 0 atom stereocenters. The largest absolute Gasteiger partial charge is 0.477 e. The quantitative estimate of drug-likeness (QED) is 0.136. The predicted octanol–water partition coefficient (Wildman–Crippen LogP) is 6.22. The van der Waals surface area contributed by atoms with Crippen molar-refractivity contribution in [1.29, 1.82) is 0 Å². The molecule has 0 bridgehead atoms. The molecule has 0 aromatic carbocycles. The molecule has 1 aliphatic heterocycles. The Kier molecular flexibility index (Phi) is 12.5. The van der Waals surface area contributed by atoms with E-state index >= 15 is 0 Å². The van der Waals surface area contributed by atoms with Crippen molar-refractivity contribution in [2.24, 2.45) is 5.41 Å². The summed E-state index contributed by atoms with van der Waals surface area (Å²) in [7, 11) is -0.881. The number of nitrogens with one attached hydrogen (secondary N) is 1. The van der Waals surface area contributed by atoms with Gasteiger partial charge in [-0.2, -0.15) is 0 Å². The van der Waals surface area contributed by atoms with Crippen LogP contribution in [0.1, 0.15) is 86.0 Å². The van der Waals surface area contributed by atoms with Crippen LogP contribution in [0.25, 0.3) is 0 Å². The minimum absolute atomic E-state index is 0.0331. The van der Waals surface area contributed by atoms with Crippen LogP contribution in [0.3, 0.4) is 0 Å². The molecule has 1 saturated heterocycles. The molecule has 1 aliphatic carbocycles. The molecule has 1 amide bonds. The Morgan fingerprint density at radius 2 is 1.76 bits per heavy atom. The van der Waals surface area contributed by atoms with E-state index in [2.05, 4.69) is 37.9 Å². The second-order valence-corrected chi connectivity index (χ2v) is 14.6. The van der Waals surface area contributed by atoms with E-state index in [-0.39, 0.29) is 16.4 Å². The second-order valence-electron chi connectivity index (χ2n) is 10.7. The van der Waals surface area contributed by atoms with Gasteiger partial charge in [0.2, 0.25) is 13.8 Å². The Morgan fingerprint density at radius 3 is 2.24 bits per heavy atom. The van der Waals surface area contributed by atoms with Crippen LogP contribution in [0.15, 0.2) is 21.6 Å². The first-order chi connectivity index (χ1) is 17.5. The molecule has 9 heteroatoms. The van der Waals surface area contributed by atoms with Crippen LogP contribution >= 0.6 is 19.1 Å². The number of allylic oxidation sites excluding steroid dienone is 3. The zero-order valence-corrected chi connectivity index (χ0v) is 25.1. The number of thioether (sulfide) groups is 1. The maximum absolute atomic E-state index is 12.4. The molecule has 2 fully saturated rings. The first-order valence-electron chi connectivity index (χ1n) is 13.5. The lowest BCUT2D eigenvalue weighted by atomic mass is 9.89. The summed E-state index contributed by atoms with van der Waals surface area (Å²) in [5.41, 5.74) is 0.308. The van der Waals surface area contributed by atoms with Gasteiger partial charge in [-0.25, -0.2) is 4.79 Å². The number of carboxylic acids is 1. The summed E-state index contributed by atoms with van der Waals surface area (Å²) in [4.78, 5) is 26.9. The molecule has 7 nitrogen and oxygen atoms in total. The summed E-state index contributed by atoms with van der Waals surface area (Å²) in [6, 6.07) is 0.665. The summed E-state index contributed by atoms with van der Waals surface area (Å²) in [6.45, 7) is 9.94. The van der Waals surface area contributed by atoms with Gasteiger partial charge in [0.1, 0.15) is 4.91 Å². The van der Waals surface area contributed by atoms with Gasteiger partial charge in [0.25, 0.3) is 0 Å². The Balaban J connectivity index is 2.08. The maximum atomic E-state index is 12.4. The fourth-order valence-electron chi connectivity index (χ4n) is 4.73. The third kappa shape index (κ3) is 9.62. The lowest BCUT2D eigenvalue weighted by Crippen LogP contribution is -2.46. The van der Waals surface area contributed by atoms with Gasteiger partial charge in [-0.05, 0) is 72.1 Å². The van der Waals surface area contributed by atoms with Crippen LogP contribution in [0, 0.1) is 17.3 Å². The van der Waals surface area contributed by atoms with Gasteiger partial charge in [-0.3, -0.25) is 9.36 Å². The van der Waals surface area contributed by atoms with Crippen molar-refractivity contribution in [3.63, 3.8) is 0 Å². The number of hydrogen-bond donors (Lipinski definition) is 2. The number of carboxylic acid groups (broad SMARTS) is 1. The van der Waals surface area contributed by atoms with Crippen LogP contribution in [-0.2, 0) is 18.7 Å². The molecule has 37 heavy (non-hydrogen) atoms. The fourth-order valence-corrected chi connectivity index (χ4v) is 7.64. The average molecular weight is 553 g/mol. The Morgan fingerprint density at radius 1 is 1.16 bits per heavy atom. The van der Waals surface area contributed by atoms with E-state index in [0.29, 0.717) is 35.0 Å². The zero-order valence-electron chi connectivity index (χ0n) is 23.3. The molecule has 1 heterocycles. The normalized spacial score (nSPS) is 27.5. The van der Waals surface area contributed by atoms with Gasteiger partial charge in [0, 0.05) is 48.7 Å². The van der Waals surface area contributed by atoms with Crippen molar-refractivity contribution >= 4 is 31.5 Å². The molecule has 0 aromatic rings. The fraction of sp³-hybridized carbons (Fsp3) is 0.714. The van der Waals surface area contributed by atoms with E-state index in [1.54, 1.807) is 18.9 Å². The molecular weight excluding hydrogens is 507 g/mol. The van der Waals surface area contributed by atoms with Crippen LogP contribution in [-0.4, -0.2) is 59.9 Å². The number of nitrogens with zero attached hydrogens (tertiary/aromatic N) is 1. The molecule has 208 valence electrons. The van der Waals surface area contributed by atoms with Crippen molar-refractivity contribution in [2.75, 3.05) is 19.4 Å². The van der Waals surface area contributed by atoms with E-state index < -0.39 is 13.3 Å². The summed E-state index contributed by atoms with van der Waals surface area (Å²) >= 11 is 1.14. The van der Waals surface area contributed by atoms with Gasteiger partial charge < -0.3 is 19.8 Å². The smallest absolute Gasteiger partial charge is 0.344 e. The summed E-state index contributed by atoms with van der Waals surface area (Å²) in [5, 5.41) is 13.7. The minimum Gasteiger partial charge on any atom is -0.477 e. The SMILES string of the molecule is CC/C=C(/C#CC(C)(C)CC)S/C(C(=O)O)=C(\C)N(C=O)C1CCC(NC2CCP(=O)(OC)CC2)CC1. The Bertz CT molecular complexity index is 961. The highest BCUT2D eigenvalue weighted by Crippen LogP contribution is 2.50. The van der Waals surface area contributed by atoms with Gasteiger partial charge in [-0.15, -0.1) is 0 Å². The number of carbonyl (C=O) groups excluding carboxylic acids is 1. The van der Waals surface area contributed by atoms with Gasteiger partial charge in [-0.1, -0.05) is 43.5 Å². The van der Waals surface area contributed by atoms with E-state index in [9.17, 15) is 19.3 Å². The summed E-state index contributed by atoms with van der Waals surface area (Å²) < 4.78 is 17.6. The van der Waals surface area contributed by atoms with Crippen molar-refractivity contribution in [2.45, 2.75) is 104 Å². The molecule has 2 N–H and O–H groups in total. The Hall–Kier alpha value is -1.52. The van der Waals surface area contributed by atoms with Crippen LogP contribution in [0.2, 0.25) is 0 Å². The monoisotopic (exact) mass is 552 g/mol. The van der Waals surface area contributed by atoms with Crippen molar-refractivity contribution in [3.8, 4) is 11.8 Å². The number of hydrogen-bond acceptors (Lipinski definition) is 6. The lowest BCUT2D eigenvalue weighted by molar-refractivity contribution is -0.131. The first kappa shape index (κ1) is 31.7. The van der Waals surface area contributed by atoms with Gasteiger partial charge >= 0.3 is 5.97 Å². The molecule has 0 unspecified atom stereocenters. The standard InChI is InChI=1S/C28H45N2O5PS/c1-7-9-25(14-17-28(4,5)8-2)37-26(27(32)33)21(3)30(20-31)24-12-10-22(11-13-24)29-23-15-18-36(34,35-6)19-16-23/h9,20,22-24,29H,7-8,10-13,15-16,18-19H2,1-6H3,(H,32,33)/b25-9-,26-21+. The first-order valence-corrected chi connectivity index (χ1v) is 16.3. The molecular formula is C28H45N2O5PS. The average Bonchev–Trinajstić information content (AvgIpc) is 2.88. The highest BCUT2D eigenvalue weighted by molar-refractivity contribution is 8.07. The van der Waals surface area contributed by atoms with Crippen LogP contribution in [0.4, 0.5) is 0 Å². The third-order valence-corrected chi connectivity index (χ3v) is 11.3. The summed E-state index contributed by atoms with van der Waals surface area (Å²) in [6.07, 6.45) is 10.8. The zero-order chi connectivity index (χ0) is 27.6. The molecule has 0 aromatic heterocycles. The van der Waals surface area contributed by atoms with E-state index in [1.165, 1.54) is 0 Å². The van der Waals surface area contributed by atoms with Crippen molar-refractivity contribution in [3.05, 3.63) is 21.6 Å². The van der Waals surface area contributed by atoms with Crippen LogP contribution < -0.4 is 5.32 Å². The van der Waals surface area contributed by atoms with Crippen LogP contribution in [0.5, 0.6) is 0 Å². The van der Waals surface area contributed by atoms with Gasteiger partial charge in [0.05, 0.1) is 4.91 Å². The van der Waals surface area contributed by atoms with E-state index in [0.717, 1.165) is 69.5 Å². The molecule has 0 radical (unpaired) electrons. The molecule has 2 aliphatic rings. The molecule has 0 spiro atoms. The third-order valence-electron chi connectivity index (χ3n) is 7.56. The summed E-state index contributed by atoms with van der Waals surface area (Å²) in [5.74, 6) is 5.39. The number of amides is 1. The van der Waals surface area contributed by atoms with E-state index in [4.69, 9.17) is 4.52 Å².